The Bertz CT molecular complexity index is 751. The summed E-state index contributed by atoms with van der Waals surface area (Å²) in [5.41, 5.74) is 3.02. The highest BCUT2D eigenvalue weighted by Crippen LogP contribution is 2.22. The Labute approximate surface area is 123 Å². The summed E-state index contributed by atoms with van der Waals surface area (Å²) in [6, 6.07) is 12.0. The maximum absolute atomic E-state index is 5.51. The lowest BCUT2D eigenvalue weighted by atomic mass is 10.3. The summed E-state index contributed by atoms with van der Waals surface area (Å²) in [5, 5.41) is 3.35. The van der Waals surface area contributed by atoms with Crippen molar-refractivity contribution in [1.82, 2.24) is 14.5 Å². The summed E-state index contributed by atoms with van der Waals surface area (Å²) in [4.78, 5) is 8.88. The fourth-order valence-corrected chi connectivity index (χ4v) is 2.30. The van der Waals surface area contributed by atoms with Gasteiger partial charge in [0.15, 0.2) is 0 Å². The number of benzene rings is 1. The topological polar surface area (TPSA) is 52.0 Å². The van der Waals surface area contributed by atoms with Gasteiger partial charge in [-0.1, -0.05) is 12.1 Å². The maximum atomic E-state index is 5.51. The first-order valence-corrected chi connectivity index (χ1v) is 7.01. The van der Waals surface area contributed by atoms with Crippen molar-refractivity contribution in [3.63, 3.8) is 0 Å². The van der Waals surface area contributed by atoms with Crippen LogP contribution in [0.25, 0.3) is 11.0 Å². The third kappa shape index (κ3) is 2.67. The highest BCUT2D eigenvalue weighted by atomic mass is 16.5. The van der Waals surface area contributed by atoms with Gasteiger partial charge < -0.3 is 14.6 Å². The molecule has 0 spiro atoms. The fourth-order valence-electron chi connectivity index (χ4n) is 2.30. The normalized spacial score (nSPS) is 10.8. The summed E-state index contributed by atoms with van der Waals surface area (Å²) in [6.45, 7) is 3.17. The molecule has 0 aliphatic carbocycles. The second-order valence-electron chi connectivity index (χ2n) is 4.72. The molecule has 108 valence electrons. The highest BCUT2D eigenvalue weighted by Gasteiger charge is 2.08. The van der Waals surface area contributed by atoms with Crippen molar-refractivity contribution in [2.75, 3.05) is 11.9 Å². The van der Waals surface area contributed by atoms with Gasteiger partial charge in [-0.3, -0.25) is 0 Å². The van der Waals surface area contributed by atoms with E-state index in [1.807, 2.05) is 44.3 Å². The highest BCUT2D eigenvalue weighted by molar-refractivity contribution is 5.75. The van der Waals surface area contributed by atoms with Crippen LogP contribution in [-0.2, 0) is 13.6 Å². The quantitative estimate of drug-likeness (QED) is 0.781. The molecule has 0 unspecified atom stereocenters. The first kappa shape index (κ1) is 13.4. The number of para-hydroxylation sites is 2. The second kappa shape index (κ2) is 5.83. The lowest BCUT2D eigenvalue weighted by Gasteiger charge is -2.10. The molecule has 21 heavy (non-hydrogen) atoms. The fraction of sp³-hybridized carbons (Fsp3) is 0.250. The van der Waals surface area contributed by atoms with Gasteiger partial charge in [0.1, 0.15) is 5.82 Å². The zero-order valence-corrected chi connectivity index (χ0v) is 12.2. The number of fused-ring (bicyclic) bond motifs is 1. The number of anilines is 1. The molecule has 0 atom stereocenters. The van der Waals surface area contributed by atoms with Crippen molar-refractivity contribution < 1.29 is 4.74 Å². The van der Waals surface area contributed by atoms with Gasteiger partial charge in [0.25, 0.3) is 0 Å². The van der Waals surface area contributed by atoms with Crippen molar-refractivity contribution >= 4 is 16.7 Å². The number of aromatic nitrogens is 3. The average Bonchev–Trinajstić information content (AvgIpc) is 2.84. The Balaban J connectivity index is 1.82. The van der Waals surface area contributed by atoms with Gasteiger partial charge in [0.05, 0.1) is 29.9 Å². The van der Waals surface area contributed by atoms with Crippen LogP contribution < -0.4 is 10.1 Å². The largest absolute Gasteiger partial charge is 0.476 e. The third-order valence-corrected chi connectivity index (χ3v) is 3.37. The van der Waals surface area contributed by atoms with Crippen LogP contribution in [0.2, 0.25) is 0 Å². The van der Waals surface area contributed by atoms with Crippen molar-refractivity contribution in [3.8, 4) is 5.88 Å². The molecule has 0 aliphatic heterocycles. The Morgan fingerprint density at radius 3 is 2.86 bits per heavy atom. The van der Waals surface area contributed by atoms with E-state index in [0.29, 0.717) is 19.0 Å². The molecule has 0 saturated carbocycles. The van der Waals surface area contributed by atoms with Gasteiger partial charge in [-0.25, -0.2) is 9.97 Å². The van der Waals surface area contributed by atoms with Crippen LogP contribution in [0.15, 0.2) is 42.6 Å². The van der Waals surface area contributed by atoms with E-state index in [-0.39, 0.29) is 0 Å². The molecule has 0 saturated heterocycles. The number of ether oxygens (including phenoxy) is 1. The third-order valence-electron chi connectivity index (χ3n) is 3.37. The van der Waals surface area contributed by atoms with Crippen molar-refractivity contribution in [2.24, 2.45) is 7.05 Å². The Kier molecular flexibility index (Phi) is 3.73. The lowest BCUT2D eigenvalue weighted by Crippen LogP contribution is -2.08. The average molecular weight is 282 g/mol. The molecule has 2 aromatic heterocycles. The standard InChI is InChI=1S/C16H18N4O/c1-3-21-16-13(8-6-10-17-16)18-11-15-19-12-7-4-5-9-14(12)20(15)2/h4-10,18H,3,11H2,1-2H3. The first-order chi connectivity index (χ1) is 10.3. The number of pyridine rings is 1. The van der Waals surface area contributed by atoms with E-state index in [1.54, 1.807) is 6.20 Å². The number of hydrogen-bond donors (Lipinski definition) is 1. The van der Waals surface area contributed by atoms with E-state index in [9.17, 15) is 0 Å². The van der Waals surface area contributed by atoms with Gasteiger partial charge in [-0.15, -0.1) is 0 Å². The lowest BCUT2D eigenvalue weighted by molar-refractivity contribution is 0.328. The predicted octanol–water partition coefficient (Wildman–Crippen LogP) is 2.98. The molecule has 5 heteroatoms. The number of nitrogens with one attached hydrogen (secondary N) is 1. The van der Waals surface area contributed by atoms with E-state index < -0.39 is 0 Å². The minimum atomic E-state index is 0.595. The Morgan fingerprint density at radius 1 is 1.19 bits per heavy atom. The minimum absolute atomic E-state index is 0.595. The van der Waals surface area contributed by atoms with Gasteiger partial charge in [0, 0.05) is 13.2 Å². The van der Waals surface area contributed by atoms with E-state index in [1.165, 1.54) is 0 Å². The molecule has 3 rings (SSSR count). The Hall–Kier alpha value is -2.56. The molecular formula is C16H18N4O. The number of imidazole rings is 1. The van der Waals surface area contributed by atoms with Gasteiger partial charge in [-0.05, 0) is 31.2 Å². The van der Waals surface area contributed by atoms with Crippen molar-refractivity contribution in [1.29, 1.82) is 0 Å². The van der Waals surface area contributed by atoms with Crippen LogP contribution in [-0.4, -0.2) is 21.1 Å². The van der Waals surface area contributed by atoms with E-state index in [4.69, 9.17) is 4.74 Å². The molecule has 0 radical (unpaired) electrons. The zero-order valence-electron chi connectivity index (χ0n) is 12.2. The molecule has 1 N–H and O–H groups in total. The van der Waals surface area contributed by atoms with Crippen LogP contribution in [0.1, 0.15) is 12.7 Å². The molecule has 0 fully saturated rings. The van der Waals surface area contributed by atoms with Crippen LogP contribution >= 0.6 is 0 Å². The summed E-state index contributed by atoms with van der Waals surface area (Å²) in [5.74, 6) is 1.60. The van der Waals surface area contributed by atoms with E-state index in [0.717, 1.165) is 22.5 Å². The van der Waals surface area contributed by atoms with Gasteiger partial charge in [-0.2, -0.15) is 0 Å². The smallest absolute Gasteiger partial charge is 0.237 e. The molecule has 3 aromatic rings. The minimum Gasteiger partial charge on any atom is -0.476 e. The predicted molar refractivity (Wildman–Crippen MR) is 83.4 cm³/mol. The van der Waals surface area contributed by atoms with Crippen LogP contribution in [0.3, 0.4) is 0 Å². The van der Waals surface area contributed by atoms with Gasteiger partial charge >= 0.3 is 0 Å². The Morgan fingerprint density at radius 2 is 2.05 bits per heavy atom. The first-order valence-electron chi connectivity index (χ1n) is 7.01. The summed E-state index contributed by atoms with van der Waals surface area (Å²) in [6.07, 6.45) is 1.73. The molecule has 2 heterocycles. The monoisotopic (exact) mass is 282 g/mol. The van der Waals surface area contributed by atoms with Crippen LogP contribution in [0.5, 0.6) is 5.88 Å². The summed E-state index contributed by atoms with van der Waals surface area (Å²) < 4.78 is 7.61. The summed E-state index contributed by atoms with van der Waals surface area (Å²) >= 11 is 0. The summed E-state index contributed by atoms with van der Waals surface area (Å²) in [7, 11) is 2.03. The number of aryl methyl sites for hydroxylation is 1. The molecule has 0 bridgehead atoms. The maximum Gasteiger partial charge on any atom is 0.237 e. The van der Waals surface area contributed by atoms with Gasteiger partial charge in [0.2, 0.25) is 5.88 Å². The zero-order chi connectivity index (χ0) is 14.7. The molecular weight excluding hydrogens is 264 g/mol. The number of hydrogen-bond acceptors (Lipinski definition) is 4. The molecule has 0 aliphatic rings. The number of rotatable bonds is 5. The van der Waals surface area contributed by atoms with Crippen LogP contribution in [0, 0.1) is 0 Å². The number of nitrogens with zero attached hydrogens (tertiary/aromatic N) is 3. The molecule has 1 aromatic carbocycles. The SMILES string of the molecule is CCOc1ncccc1NCc1nc2ccccc2n1C. The van der Waals surface area contributed by atoms with E-state index >= 15 is 0 Å². The van der Waals surface area contributed by atoms with E-state index in [2.05, 4.69) is 25.9 Å². The van der Waals surface area contributed by atoms with Crippen LogP contribution in [0.4, 0.5) is 5.69 Å². The second-order valence-corrected chi connectivity index (χ2v) is 4.72. The molecule has 0 amide bonds. The molecule has 5 nitrogen and oxygen atoms in total. The van der Waals surface area contributed by atoms with Crippen molar-refractivity contribution in [2.45, 2.75) is 13.5 Å². The van der Waals surface area contributed by atoms with Crippen molar-refractivity contribution in [3.05, 3.63) is 48.4 Å².